The number of carbonyl (C=O) groups excluding carboxylic acids is 1. The Hall–Kier alpha value is -1.69. The van der Waals surface area contributed by atoms with Crippen molar-refractivity contribution in [2.24, 2.45) is 0 Å². The van der Waals surface area contributed by atoms with Crippen molar-refractivity contribution in [2.45, 2.75) is 25.2 Å². The number of imidazole rings is 1. The molecule has 0 bridgehead atoms. The fourth-order valence-corrected chi connectivity index (χ4v) is 3.34. The summed E-state index contributed by atoms with van der Waals surface area (Å²) in [6.07, 6.45) is 6.89. The minimum absolute atomic E-state index is 0.0405. The quantitative estimate of drug-likeness (QED) is 0.913. The van der Waals surface area contributed by atoms with Gasteiger partial charge in [-0.2, -0.15) is 0 Å². The Balaban J connectivity index is 1.68. The zero-order valence-electron chi connectivity index (χ0n) is 10.8. The predicted octanol–water partition coefficient (Wildman–Crippen LogP) is 2.06. The van der Waals surface area contributed by atoms with E-state index in [1.54, 1.807) is 17.5 Å². The third-order valence-electron chi connectivity index (χ3n) is 3.83. The highest BCUT2D eigenvalue weighted by Gasteiger charge is 2.35. The summed E-state index contributed by atoms with van der Waals surface area (Å²) in [4.78, 5) is 25.3. The number of H-pyrrole nitrogens is 1. The fraction of sp³-hybridized carbons (Fsp3) is 0.462. The van der Waals surface area contributed by atoms with Crippen molar-refractivity contribution < 1.29 is 4.79 Å². The van der Waals surface area contributed by atoms with Gasteiger partial charge in [0.05, 0.1) is 17.5 Å². The molecule has 2 aromatic rings. The Bertz CT molecular complexity index is 541. The number of nitrogens with one attached hydrogen (secondary N) is 1. The lowest BCUT2D eigenvalue weighted by atomic mass is 9.81. The summed E-state index contributed by atoms with van der Waals surface area (Å²) in [5, 5.41) is 3.20. The minimum Gasteiger partial charge on any atom is -0.341 e. The predicted molar refractivity (Wildman–Crippen MR) is 73.2 cm³/mol. The van der Waals surface area contributed by atoms with Gasteiger partial charge < -0.3 is 9.88 Å². The summed E-state index contributed by atoms with van der Waals surface area (Å²) in [6.45, 7) is 3.78. The second kappa shape index (κ2) is 4.77. The number of thiazole rings is 1. The highest BCUT2D eigenvalue weighted by molar-refractivity contribution is 7.09. The van der Waals surface area contributed by atoms with E-state index in [-0.39, 0.29) is 11.3 Å². The average Bonchev–Trinajstić information content (AvgIpc) is 3.12. The number of nitrogens with zero attached hydrogens (tertiary/aromatic N) is 3. The van der Waals surface area contributed by atoms with Crippen molar-refractivity contribution in [3.8, 4) is 0 Å². The Kier molecular flexibility index (Phi) is 3.10. The van der Waals surface area contributed by atoms with Crippen LogP contribution in [-0.4, -0.2) is 38.8 Å². The summed E-state index contributed by atoms with van der Waals surface area (Å²) in [6, 6.07) is 0. The van der Waals surface area contributed by atoms with Crippen LogP contribution in [0.1, 0.15) is 35.3 Å². The maximum Gasteiger partial charge on any atom is 0.271 e. The number of aromatic nitrogens is 3. The topological polar surface area (TPSA) is 61.9 Å². The molecule has 2 aromatic heterocycles. The van der Waals surface area contributed by atoms with Crippen LogP contribution in [0, 0.1) is 0 Å². The van der Waals surface area contributed by atoms with Crippen LogP contribution in [0.3, 0.4) is 0 Å². The highest BCUT2D eigenvalue weighted by Crippen LogP contribution is 2.36. The van der Waals surface area contributed by atoms with Gasteiger partial charge in [0, 0.05) is 30.1 Å². The lowest BCUT2D eigenvalue weighted by Crippen LogP contribution is -2.44. The molecule has 1 amide bonds. The van der Waals surface area contributed by atoms with Gasteiger partial charge in [-0.3, -0.25) is 4.79 Å². The lowest BCUT2D eigenvalue weighted by Gasteiger charge is -2.37. The number of amides is 1. The van der Waals surface area contributed by atoms with Crippen molar-refractivity contribution >= 4 is 17.2 Å². The van der Waals surface area contributed by atoms with Gasteiger partial charge in [0.2, 0.25) is 0 Å². The molecular weight excluding hydrogens is 260 g/mol. The van der Waals surface area contributed by atoms with Gasteiger partial charge in [0.15, 0.2) is 0 Å². The van der Waals surface area contributed by atoms with Gasteiger partial charge in [0.25, 0.3) is 5.91 Å². The van der Waals surface area contributed by atoms with Crippen LogP contribution in [-0.2, 0) is 5.41 Å². The third kappa shape index (κ3) is 2.28. The smallest absolute Gasteiger partial charge is 0.271 e. The molecule has 0 saturated carbocycles. The molecule has 3 heterocycles. The van der Waals surface area contributed by atoms with E-state index in [0.29, 0.717) is 5.69 Å². The van der Waals surface area contributed by atoms with Crippen LogP contribution < -0.4 is 0 Å². The Morgan fingerprint density at radius 2 is 2.26 bits per heavy atom. The molecule has 1 fully saturated rings. The first-order valence-corrected chi connectivity index (χ1v) is 7.25. The zero-order chi connectivity index (χ0) is 13.3. The van der Waals surface area contributed by atoms with Crippen LogP contribution in [0.15, 0.2) is 24.1 Å². The molecule has 0 unspecified atom stereocenters. The van der Waals surface area contributed by atoms with E-state index in [9.17, 15) is 4.79 Å². The molecule has 5 nitrogen and oxygen atoms in total. The molecule has 0 spiro atoms. The number of piperidine rings is 1. The van der Waals surface area contributed by atoms with Crippen molar-refractivity contribution in [2.75, 3.05) is 13.1 Å². The molecule has 0 radical (unpaired) electrons. The Morgan fingerprint density at radius 1 is 1.47 bits per heavy atom. The molecule has 1 saturated heterocycles. The second-order valence-electron chi connectivity index (χ2n) is 5.16. The SMILES string of the molecule is CC1(c2nccs2)CCN(C(=O)c2cnc[nH]2)CC1. The van der Waals surface area contributed by atoms with E-state index in [1.807, 2.05) is 16.5 Å². The van der Waals surface area contributed by atoms with E-state index in [4.69, 9.17) is 0 Å². The summed E-state index contributed by atoms with van der Waals surface area (Å²) < 4.78 is 0. The number of rotatable bonds is 2. The van der Waals surface area contributed by atoms with E-state index in [0.717, 1.165) is 25.9 Å². The van der Waals surface area contributed by atoms with Crippen LogP contribution in [0.4, 0.5) is 0 Å². The number of carbonyl (C=O) groups is 1. The average molecular weight is 276 g/mol. The number of aromatic amines is 1. The minimum atomic E-state index is 0.0405. The van der Waals surface area contributed by atoms with Crippen molar-refractivity contribution in [1.29, 1.82) is 0 Å². The summed E-state index contributed by atoms with van der Waals surface area (Å²) in [5.74, 6) is 0.0405. The Morgan fingerprint density at radius 3 is 2.84 bits per heavy atom. The largest absolute Gasteiger partial charge is 0.341 e. The first kappa shape index (κ1) is 12.3. The van der Waals surface area contributed by atoms with E-state index < -0.39 is 0 Å². The summed E-state index contributed by atoms with van der Waals surface area (Å²) >= 11 is 1.70. The van der Waals surface area contributed by atoms with Crippen molar-refractivity contribution in [3.63, 3.8) is 0 Å². The van der Waals surface area contributed by atoms with Crippen molar-refractivity contribution in [1.82, 2.24) is 19.9 Å². The van der Waals surface area contributed by atoms with E-state index in [2.05, 4.69) is 21.9 Å². The molecule has 0 aromatic carbocycles. The van der Waals surface area contributed by atoms with Gasteiger partial charge in [-0.1, -0.05) is 6.92 Å². The number of likely N-dealkylation sites (tertiary alicyclic amines) is 1. The van der Waals surface area contributed by atoms with Crippen LogP contribution in [0.5, 0.6) is 0 Å². The fourth-order valence-electron chi connectivity index (χ4n) is 2.48. The molecule has 1 aliphatic heterocycles. The van der Waals surface area contributed by atoms with Crippen molar-refractivity contribution in [3.05, 3.63) is 34.8 Å². The van der Waals surface area contributed by atoms with E-state index >= 15 is 0 Å². The first-order chi connectivity index (χ1) is 9.19. The summed E-state index contributed by atoms with van der Waals surface area (Å²) in [7, 11) is 0. The van der Waals surface area contributed by atoms with Crippen LogP contribution >= 0.6 is 11.3 Å². The molecule has 1 aliphatic rings. The molecule has 1 N–H and O–H groups in total. The summed E-state index contributed by atoms with van der Waals surface area (Å²) in [5.41, 5.74) is 0.678. The molecule has 0 aliphatic carbocycles. The molecule has 6 heteroatoms. The lowest BCUT2D eigenvalue weighted by molar-refractivity contribution is 0.0670. The van der Waals surface area contributed by atoms with E-state index in [1.165, 1.54) is 11.3 Å². The maximum absolute atomic E-state index is 12.2. The molecule has 100 valence electrons. The van der Waals surface area contributed by atoms with Gasteiger partial charge >= 0.3 is 0 Å². The van der Waals surface area contributed by atoms with Crippen LogP contribution in [0.2, 0.25) is 0 Å². The normalized spacial score (nSPS) is 18.5. The molecule has 0 atom stereocenters. The number of hydrogen-bond donors (Lipinski definition) is 1. The van der Waals surface area contributed by atoms with Gasteiger partial charge in [0.1, 0.15) is 5.69 Å². The van der Waals surface area contributed by atoms with Gasteiger partial charge in [-0.15, -0.1) is 11.3 Å². The third-order valence-corrected chi connectivity index (χ3v) is 4.91. The molecular formula is C13H16N4OS. The number of hydrogen-bond acceptors (Lipinski definition) is 4. The van der Waals surface area contributed by atoms with Gasteiger partial charge in [-0.25, -0.2) is 9.97 Å². The highest BCUT2D eigenvalue weighted by atomic mass is 32.1. The first-order valence-electron chi connectivity index (χ1n) is 6.37. The standard InChI is InChI=1S/C13H16N4OS/c1-13(12-15-4-7-19-12)2-5-17(6-3-13)11(18)10-8-14-9-16-10/h4,7-9H,2-3,5-6H2,1H3,(H,14,16). The van der Waals surface area contributed by atoms with Crippen LogP contribution in [0.25, 0.3) is 0 Å². The monoisotopic (exact) mass is 276 g/mol. The maximum atomic E-state index is 12.2. The Labute approximate surface area is 115 Å². The molecule has 19 heavy (non-hydrogen) atoms. The second-order valence-corrected chi connectivity index (χ2v) is 6.05. The zero-order valence-corrected chi connectivity index (χ0v) is 11.6. The van der Waals surface area contributed by atoms with Gasteiger partial charge in [-0.05, 0) is 12.8 Å². The molecule has 3 rings (SSSR count).